The average Bonchev–Trinajstić information content (AvgIpc) is 2.96. The second-order valence-electron chi connectivity index (χ2n) is 4.25. The fraction of sp³-hybridized carbons (Fsp3) is 0.600. The van der Waals surface area contributed by atoms with Crippen molar-refractivity contribution in [3.8, 4) is 0 Å². The van der Waals surface area contributed by atoms with E-state index in [9.17, 15) is 14.9 Å². The van der Waals surface area contributed by atoms with Crippen LogP contribution in [-0.2, 0) is 11.3 Å². The molecule has 8 heteroatoms. The molecule has 2 rings (SSSR count). The summed E-state index contributed by atoms with van der Waals surface area (Å²) < 4.78 is 1.28. The van der Waals surface area contributed by atoms with Gasteiger partial charge in [-0.3, -0.25) is 4.79 Å². The van der Waals surface area contributed by atoms with Gasteiger partial charge in [-0.2, -0.15) is 4.68 Å². The zero-order chi connectivity index (χ0) is 13.1. The highest BCUT2D eigenvalue weighted by Gasteiger charge is 2.28. The number of hydrogen-bond acceptors (Lipinski definition) is 5. The molecule has 8 nitrogen and oxygen atoms in total. The first-order valence-corrected chi connectivity index (χ1v) is 5.79. The molecule has 0 spiro atoms. The van der Waals surface area contributed by atoms with Crippen LogP contribution in [0.25, 0.3) is 0 Å². The normalized spacial score (nSPS) is 19.2. The predicted molar refractivity (Wildman–Crippen MR) is 62.7 cm³/mol. The van der Waals surface area contributed by atoms with Crippen molar-refractivity contribution >= 4 is 11.7 Å². The molecule has 1 aliphatic heterocycles. The molecule has 2 heterocycles. The van der Waals surface area contributed by atoms with Gasteiger partial charge in [0.25, 0.3) is 0 Å². The molecule has 2 N–H and O–H groups in total. The van der Waals surface area contributed by atoms with Crippen molar-refractivity contribution in [2.24, 2.45) is 5.73 Å². The van der Waals surface area contributed by atoms with Gasteiger partial charge in [0, 0.05) is 19.1 Å². The first-order chi connectivity index (χ1) is 8.61. The van der Waals surface area contributed by atoms with Gasteiger partial charge in [-0.25, -0.2) is 0 Å². The quantitative estimate of drug-likeness (QED) is 0.587. The van der Waals surface area contributed by atoms with E-state index in [4.69, 9.17) is 5.73 Å². The number of carbonyl (C=O) groups is 1. The molecule has 1 aromatic heterocycles. The first-order valence-electron chi connectivity index (χ1n) is 5.79. The Morgan fingerprint density at radius 3 is 3.06 bits per heavy atom. The van der Waals surface area contributed by atoms with Crippen molar-refractivity contribution in [2.75, 3.05) is 13.1 Å². The van der Waals surface area contributed by atoms with E-state index in [1.807, 2.05) is 0 Å². The molecule has 1 amide bonds. The van der Waals surface area contributed by atoms with Gasteiger partial charge in [-0.1, -0.05) is 0 Å². The van der Waals surface area contributed by atoms with Crippen LogP contribution in [0.1, 0.15) is 12.8 Å². The third kappa shape index (κ3) is 2.48. The van der Waals surface area contributed by atoms with Gasteiger partial charge >= 0.3 is 5.82 Å². The summed E-state index contributed by atoms with van der Waals surface area (Å²) >= 11 is 0. The molecule has 98 valence electrons. The average molecular weight is 253 g/mol. The van der Waals surface area contributed by atoms with Gasteiger partial charge in [-0.15, -0.1) is 0 Å². The molecule has 1 fully saturated rings. The van der Waals surface area contributed by atoms with Crippen molar-refractivity contribution in [2.45, 2.75) is 25.4 Å². The topological polar surface area (TPSA) is 107 Å². The fourth-order valence-electron chi connectivity index (χ4n) is 2.17. The van der Waals surface area contributed by atoms with Crippen LogP contribution in [0, 0.1) is 10.1 Å². The molecule has 0 radical (unpaired) electrons. The van der Waals surface area contributed by atoms with Crippen molar-refractivity contribution in [3.63, 3.8) is 0 Å². The van der Waals surface area contributed by atoms with E-state index in [0.717, 1.165) is 12.8 Å². The maximum Gasteiger partial charge on any atom is 0.389 e. The van der Waals surface area contributed by atoms with Crippen LogP contribution in [0.2, 0.25) is 0 Å². The summed E-state index contributed by atoms with van der Waals surface area (Å²) in [5.74, 6) is -0.347. The van der Waals surface area contributed by atoms with Crippen LogP contribution < -0.4 is 5.73 Å². The number of likely N-dealkylation sites (tertiary alicyclic amines) is 1. The summed E-state index contributed by atoms with van der Waals surface area (Å²) in [7, 11) is 0. The molecule has 1 atom stereocenters. The summed E-state index contributed by atoms with van der Waals surface area (Å²) in [5, 5.41) is 14.2. The number of nitrogens with zero attached hydrogens (tertiary/aromatic N) is 4. The number of aromatic nitrogens is 2. The van der Waals surface area contributed by atoms with E-state index in [-0.39, 0.29) is 24.3 Å². The minimum atomic E-state index is -0.584. The molecule has 1 unspecified atom stereocenters. The highest BCUT2D eigenvalue weighted by molar-refractivity contribution is 5.76. The summed E-state index contributed by atoms with van der Waals surface area (Å²) in [6.45, 7) is 1.17. The number of nitrogens with two attached hydrogens (primary N) is 1. The lowest BCUT2D eigenvalue weighted by Crippen LogP contribution is -2.41. The summed E-state index contributed by atoms with van der Waals surface area (Å²) in [5.41, 5.74) is 5.59. The zero-order valence-corrected chi connectivity index (χ0v) is 9.86. The lowest BCUT2D eigenvalue weighted by atomic mass is 10.2. The number of carbonyl (C=O) groups excluding carboxylic acids is 1. The van der Waals surface area contributed by atoms with Gasteiger partial charge in [0.05, 0.1) is 17.4 Å². The highest BCUT2D eigenvalue weighted by Crippen LogP contribution is 2.16. The Balaban J connectivity index is 2.00. The molecule has 0 bridgehead atoms. The van der Waals surface area contributed by atoms with Crippen molar-refractivity contribution in [3.05, 3.63) is 22.4 Å². The lowest BCUT2D eigenvalue weighted by Gasteiger charge is -2.22. The Hall–Kier alpha value is -1.96. The van der Waals surface area contributed by atoms with Gasteiger partial charge in [-0.05, 0) is 17.8 Å². The molecule has 0 aromatic carbocycles. The molecule has 0 saturated carbocycles. The minimum absolute atomic E-state index is 0.0182. The minimum Gasteiger partial charge on any atom is -0.358 e. The van der Waals surface area contributed by atoms with Crippen LogP contribution in [0.3, 0.4) is 0 Å². The van der Waals surface area contributed by atoms with Crippen LogP contribution in [0.5, 0.6) is 0 Å². The SMILES string of the molecule is NCC1CCCN1C(=O)Cn1ccc([N+](=O)[O-])n1. The van der Waals surface area contributed by atoms with Crippen LogP contribution in [-0.4, -0.2) is 44.6 Å². The number of rotatable bonds is 4. The molecule has 1 aromatic rings. The second-order valence-corrected chi connectivity index (χ2v) is 4.25. The summed E-state index contributed by atoms with van der Waals surface area (Å²) in [4.78, 5) is 23.6. The Morgan fingerprint density at radius 1 is 1.67 bits per heavy atom. The highest BCUT2D eigenvalue weighted by atomic mass is 16.6. The van der Waals surface area contributed by atoms with Gasteiger partial charge < -0.3 is 20.7 Å². The lowest BCUT2D eigenvalue weighted by molar-refractivity contribution is -0.389. The van der Waals surface area contributed by atoms with Crippen molar-refractivity contribution < 1.29 is 9.72 Å². The van der Waals surface area contributed by atoms with E-state index >= 15 is 0 Å². The summed E-state index contributed by atoms with van der Waals surface area (Å²) in [6.07, 6.45) is 3.30. The van der Waals surface area contributed by atoms with E-state index in [1.165, 1.54) is 16.9 Å². The van der Waals surface area contributed by atoms with Gasteiger partial charge in [0.2, 0.25) is 5.91 Å². The number of amides is 1. The van der Waals surface area contributed by atoms with Crippen LogP contribution in [0.15, 0.2) is 12.3 Å². The summed E-state index contributed by atoms with van der Waals surface area (Å²) in [6, 6.07) is 1.36. The molecule has 1 aliphatic rings. The van der Waals surface area contributed by atoms with E-state index in [1.54, 1.807) is 4.90 Å². The molecular formula is C10H15N5O3. The van der Waals surface area contributed by atoms with E-state index in [0.29, 0.717) is 13.1 Å². The maximum absolute atomic E-state index is 12.0. The third-order valence-electron chi connectivity index (χ3n) is 3.08. The van der Waals surface area contributed by atoms with E-state index < -0.39 is 4.92 Å². The maximum atomic E-state index is 12.0. The molecule has 1 saturated heterocycles. The van der Waals surface area contributed by atoms with E-state index in [2.05, 4.69) is 5.10 Å². The molecule has 18 heavy (non-hydrogen) atoms. The zero-order valence-electron chi connectivity index (χ0n) is 9.86. The molecule has 0 aliphatic carbocycles. The Bertz CT molecular complexity index is 458. The van der Waals surface area contributed by atoms with Crippen LogP contribution >= 0.6 is 0 Å². The largest absolute Gasteiger partial charge is 0.389 e. The smallest absolute Gasteiger partial charge is 0.358 e. The predicted octanol–water partition coefficient (Wildman–Crippen LogP) is -0.259. The fourth-order valence-corrected chi connectivity index (χ4v) is 2.17. The van der Waals surface area contributed by atoms with Gasteiger partial charge in [0.15, 0.2) is 0 Å². The second kappa shape index (κ2) is 5.13. The van der Waals surface area contributed by atoms with Gasteiger partial charge in [0.1, 0.15) is 6.54 Å². The molecular weight excluding hydrogens is 238 g/mol. The Morgan fingerprint density at radius 2 is 2.44 bits per heavy atom. The van der Waals surface area contributed by atoms with Crippen molar-refractivity contribution in [1.82, 2.24) is 14.7 Å². The van der Waals surface area contributed by atoms with Crippen LogP contribution in [0.4, 0.5) is 5.82 Å². The third-order valence-corrected chi connectivity index (χ3v) is 3.08. The standard InChI is InChI=1S/C10H15N5O3/c11-6-8-2-1-4-14(8)10(16)7-13-5-3-9(12-13)15(17)18/h3,5,8H,1-2,4,6-7,11H2. The first kappa shape index (κ1) is 12.5. The van der Waals surface area contributed by atoms with Crippen molar-refractivity contribution in [1.29, 1.82) is 0 Å². The Labute approximate surface area is 104 Å². The Kier molecular flexibility index (Phi) is 3.56. The monoisotopic (exact) mass is 253 g/mol. The number of nitro groups is 1. The number of hydrogen-bond donors (Lipinski definition) is 1.